The predicted octanol–water partition coefficient (Wildman–Crippen LogP) is 0.375. The van der Waals surface area contributed by atoms with Crippen LogP contribution in [0.5, 0.6) is 0 Å². The second-order valence-electron chi connectivity index (χ2n) is 2.80. The number of aliphatic hydroxyl groups is 1. The molecule has 0 aliphatic carbocycles. The molecule has 60 valence electrons. The molecule has 1 saturated heterocycles. The Bertz CT molecular complexity index is 115. The minimum absolute atomic E-state index is 0.0833. The van der Waals surface area contributed by atoms with Gasteiger partial charge in [-0.3, -0.25) is 0 Å². The number of aliphatic hydroxyl groups excluding tert-OH is 1. The van der Waals surface area contributed by atoms with Crippen molar-refractivity contribution in [1.82, 2.24) is 0 Å². The van der Waals surface area contributed by atoms with E-state index in [9.17, 15) is 5.11 Å². The van der Waals surface area contributed by atoms with Crippen LogP contribution in [0.1, 0.15) is 13.8 Å². The van der Waals surface area contributed by atoms with Crippen molar-refractivity contribution < 1.29 is 14.6 Å². The van der Waals surface area contributed by atoms with Gasteiger partial charge in [-0.05, 0) is 6.92 Å². The monoisotopic (exact) mass is 146 g/mol. The highest BCUT2D eigenvalue weighted by atomic mass is 16.7. The lowest BCUT2D eigenvalue weighted by Crippen LogP contribution is -2.23. The summed E-state index contributed by atoms with van der Waals surface area (Å²) in [4.78, 5) is 0. The third-order valence-electron chi connectivity index (χ3n) is 2.03. The van der Waals surface area contributed by atoms with Gasteiger partial charge in [0.2, 0.25) is 0 Å². The zero-order valence-corrected chi connectivity index (χ0v) is 6.57. The summed E-state index contributed by atoms with van der Waals surface area (Å²) in [5.74, 6) is 0.0833. The van der Waals surface area contributed by atoms with Crippen molar-refractivity contribution in [2.45, 2.75) is 32.3 Å². The van der Waals surface area contributed by atoms with Crippen molar-refractivity contribution >= 4 is 0 Å². The van der Waals surface area contributed by atoms with E-state index in [1.165, 1.54) is 0 Å². The van der Waals surface area contributed by atoms with Crippen molar-refractivity contribution in [3.8, 4) is 0 Å². The van der Waals surface area contributed by atoms with E-state index in [-0.39, 0.29) is 24.4 Å². The van der Waals surface area contributed by atoms with Crippen LogP contribution in [0.15, 0.2) is 0 Å². The third-order valence-corrected chi connectivity index (χ3v) is 2.03. The second kappa shape index (κ2) is 2.86. The number of hydrogen-bond donors (Lipinski definition) is 1. The van der Waals surface area contributed by atoms with E-state index in [1.807, 2.05) is 13.8 Å². The summed E-state index contributed by atoms with van der Waals surface area (Å²) in [5, 5.41) is 9.36. The van der Waals surface area contributed by atoms with Crippen LogP contribution in [0.3, 0.4) is 0 Å². The molecule has 3 nitrogen and oxygen atoms in total. The first-order chi connectivity index (χ1) is 4.66. The SMILES string of the molecule is CO[C@H]1O[C@H](C)[C@@H](O)[C@@H]1C. The summed E-state index contributed by atoms with van der Waals surface area (Å²) in [6.45, 7) is 3.77. The van der Waals surface area contributed by atoms with Crippen LogP contribution in [0.2, 0.25) is 0 Å². The molecular formula is C7H14O3. The molecule has 1 heterocycles. The molecule has 0 amide bonds. The number of ether oxygens (including phenoxy) is 2. The summed E-state index contributed by atoms with van der Waals surface area (Å²) in [6, 6.07) is 0. The molecule has 1 N–H and O–H groups in total. The first-order valence-corrected chi connectivity index (χ1v) is 3.53. The Morgan fingerprint density at radius 1 is 1.40 bits per heavy atom. The topological polar surface area (TPSA) is 38.7 Å². The summed E-state index contributed by atoms with van der Waals surface area (Å²) >= 11 is 0. The number of hydrogen-bond acceptors (Lipinski definition) is 3. The van der Waals surface area contributed by atoms with Crippen molar-refractivity contribution in [1.29, 1.82) is 0 Å². The lowest BCUT2D eigenvalue weighted by molar-refractivity contribution is -0.125. The average molecular weight is 146 g/mol. The quantitative estimate of drug-likeness (QED) is 0.581. The first-order valence-electron chi connectivity index (χ1n) is 3.53. The molecule has 1 aliphatic heterocycles. The molecule has 0 saturated carbocycles. The summed E-state index contributed by atoms with van der Waals surface area (Å²) in [7, 11) is 1.59. The van der Waals surface area contributed by atoms with Gasteiger partial charge in [0, 0.05) is 13.0 Å². The van der Waals surface area contributed by atoms with E-state index < -0.39 is 0 Å². The molecule has 1 fully saturated rings. The molecule has 0 aromatic heterocycles. The Morgan fingerprint density at radius 2 is 2.00 bits per heavy atom. The fraction of sp³-hybridized carbons (Fsp3) is 1.00. The largest absolute Gasteiger partial charge is 0.390 e. The smallest absolute Gasteiger partial charge is 0.162 e. The number of rotatable bonds is 1. The van der Waals surface area contributed by atoms with E-state index >= 15 is 0 Å². The Hall–Kier alpha value is -0.120. The van der Waals surface area contributed by atoms with Gasteiger partial charge in [-0.2, -0.15) is 0 Å². The zero-order valence-electron chi connectivity index (χ0n) is 6.57. The maximum absolute atomic E-state index is 9.36. The van der Waals surface area contributed by atoms with Crippen LogP contribution >= 0.6 is 0 Å². The highest BCUT2D eigenvalue weighted by Crippen LogP contribution is 2.26. The molecule has 0 radical (unpaired) electrons. The highest BCUT2D eigenvalue weighted by Gasteiger charge is 2.38. The number of methoxy groups -OCH3 is 1. The highest BCUT2D eigenvalue weighted by molar-refractivity contribution is 4.80. The van der Waals surface area contributed by atoms with E-state index in [1.54, 1.807) is 7.11 Å². The summed E-state index contributed by atoms with van der Waals surface area (Å²) < 4.78 is 10.2. The van der Waals surface area contributed by atoms with Crippen LogP contribution in [0.25, 0.3) is 0 Å². The fourth-order valence-electron chi connectivity index (χ4n) is 1.27. The second-order valence-corrected chi connectivity index (χ2v) is 2.80. The minimum Gasteiger partial charge on any atom is -0.390 e. The van der Waals surface area contributed by atoms with Crippen molar-refractivity contribution in [3.05, 3.63) is 0 Å². The van der Waals surface area contributed by atoms with Gasteiger partial charge < -0.3 is 14.6 Å². The molecule has 4 atom stereocenters. The molecule has 0 aromatic rings. The van der Waals surface area contributed by atoms with Gasteiger partial charge in [-0.1, -0.05) is 6.92 Å². The molecule has 0 unspecified atom stereocenters. The first kappa shape index (κ1) is 7.98. The van der Waals surface area contributed by atoms with E-state index in [2.05, 4.69) is 0 Å². The molecule has 1 aliphatic rings. The van der Waals surface area contributed by atoms with E-state index in [0.717, 1.165) is 0 Å². The van der Waals surface area contributed by atoms with Crippen molar-refractivity contribution in [2.24, 2.45) is 5.92 Å². The zero-order chi connectivity index (χ0) is 7.72. The Morgan fingerprint density at radius 3 is 2.20 bits per heavy atom. The molecule has 0 aromatic carbocycles. The standard InChI is InChI=1S/C7H14O3/c1-4-6(8)5(2)10-7(4)9-3/h4-8H,1-3H3/t4-,5+,6-,7-/m0/s1. The van der Waals surface area contributed by atoms with Gasteiger partial charge in [-0.25, -0.2) is 0 Å². The fourth-order valence-corrected chi connectivity index (χ4v) is 1.27. The Kier molecular flexibility index (Phi) is 2.28. The van der Waals surface area contributed by atoms with Crippen LogP contribution in [-0.4, -0.2) is 30.7 Å². The summed E-state index contributed by atoms with van der Waals surface area (Å²) in [5.41, 5.74) is 0. The van der Waals surface area contributed by atoms with Crippen LogP contribution in [0.4, 0.5) is 0 Å². The third kappa shape index (κ3) is 1.17. The summed E-state index contributed by atoms with van der Waals surface area (Å²) in [6.07, 6.45) is -0.713. The normalized spacial score (nSPS) is 48.0. The Balaban J connectivity index is 2.53. The van der Waals surface area contributed by atoms with Crippen LogP contribution < -0.4 is 0 Å². The van der Waals surface area contributed by atoms with Gasteiger partial charge >= 0.3 is 0 Å². The average Bonchev–Trinajstić information content (AvgIpc) is 2.17. The minimum atomic E-state index is -0.384. The maximum Gasteiger partial charge on any atom is 0.162 e. The van der Waals surface area contributed by atoms with Crippen molar-refractivity contribution in [2.75, 3.05) is 7.11 Å². The van der Waals surface area contributed by atoms with Gasteiger partial charge in [0.25, 0.3) is 0 Å². The van der Waals surface area contributed by atoms with Gasteiger partial charge in [0.1, 0.15) is 0 Å². The lowest BCUT2D eigenvalue weighted by atomic mass is 10.0. The van der Waals surface area contributed by atoms with Crippen LogP contribution in [0, 0.1) is 5.92 Å². The molecular weight excluding hydrogens is 132 g/mol. The van der Waals surface area contributed by atoms with E-state index in [4.69, 9.17) is 9.47 Å². The molecule has 3 heteroatoms. The van der Waals surface area contributed by atoms with Crippen LogP contribution in [-0.2, 0) is 9.47 Å². The molecule has 0 spiro atoms. The van der Waals surface area contributed by atoms with Gasteiger partial charge in [-0.15, -0.1) is 0 Å². The van der Waals surface area contributed by atoms with Gasteiger partial charge in [0.05, 0.1) is 12.2 Å². The maximum atomic E-state index is 9.36. The lowest BCUT2D eigenvalue weighted by Gasteiger charge is -2.12. The predicted molar refractivity (Wildman–Crippen MR) is 36.5 cm³/mol. The van der Waals surface area contributed by atoms with E-state index in [0.29, 0.717) is 0 Å². The Labute approximate surface area is 60.9 Å². The van der Waals surface area contributed by atoms with Gasteiger partial charge in [0.15, 0.2) is 6.29 Å². The van der Waals surface area contributed by atoms with Crippen molar-refractivity contribution in [3.63, 3.8) is 0 Å². The molecule has 1 rings (SSSR count). The molecule has 10 heavy (non-hydrogen) atoms. The molecule has 0 bridgehead atoms.